The van der Waals surface area contributed by atoms with Gasteiger partial charge in [0.1, 0.15) is 29.7 Å². The number of aliphatic hydroxyl groups excluding tert-OH is 1. The summed E-state index contributed by atoms with van der Waals surface area (Å²) in [6.45, 7) is 8.21. The highest BCUT2D eigenvalue weighted by Gasteiger charge is 2.75. The van der Waals surface area contributed by atoms with Crippen molar-refractivity contribution in [3.05, 3.63) is 119 Å². The molecule has 0 aromatic heterocycles. The predicted molar refractivity (Wildman–Crippen MR) is 205 cm³/mol. The second-order valence-electron chi connectivity index (χ2n) is 16.6. The number of hydrogen-bond donors (Lipinski definition) is 3. The fourth-order valence-electron chi connectivity index (χ4n) is 9.77. The number of benzene rings is 3. The first-order valence-electron chi connectivity index (χ1n) is 19.4. The molecular weight excluding hydrogens is 730 g/mol. The largest absolute Gasteiger partial charge is 0.456 e. The van der Waals surface area contributed by atoms with Crippen LogP contribution >= 0.6 is 0 Å². The van der Waals surface area contributed by atoms with Crippen molar-refractivity contribution < 1.29 is 53.1 Å². The standard InChI is InChI=1S/C45H49NO11/c1-26-31-23-33(48)43(5)22-21-34-44(25-54-34,57-27(2)47)37(43)38(56-40(51)30-19-13-8-14-20-30)45(53,42(31,3)4)24-32(26)55-41(52)36(49)35(28-15-9-6-10-16-28)46-39(50)29-17-11-7-12-18-29/h6-20,32,34-38,49,53H,21-25H2,1-5H3,(H,46,50)/t32-,34+,35-,36+,37?,38-,43-,44-,45+/m0/s1. The van der Waals surface area contributed by atoms with E-state index in [0.29, 0.717) is 35.1 Å². The number of esters is 3. The van der Waals surface area contributed by atoms with Crippen LogP contribution in [-0.2, 0) is 33.3 Å². The zero-order valence-electron chi connectivity index (χ0n) is 32.7. The average Bonchev–Trinajstić information content (AvgIpc) is 3.19. The quantitative estimate of drug-likeness (QED) is 0.148. The van der Waals surface area contributed by atoms with Crippen LogP contribution in [-0.4, -0.2) is 82.0 Å². The Balaban J connectivity index is 1.30. The Labute approximate surface area is 331 Å². The number of ether oxygens (including phenoxy) is 4. The van der Waals surface area contributed by atoms with Crippen LogP contribution < -0.4 is 5.32 Å². The maximum Gasteiger partial charge on any atom is 0.338 e. The molecule has 4 aliphatic rings. The van der Waals surface area contributed by atoms with E-state index >= 15 is 0 Å². The maximum absolute atomic E-state index is 14.8. The van der Waals surface area contributed by atoms with Gasteiger partial charge in [-0.15, -0.1) is 0 Å². The molecule has 3 aromatic rings. The Morgan fingerprint density at radius 2 is 1.47 bits per heavy atom. The first-order valence-corrected chi connectivity index (χ1v) is 19.4. The highest BCUT2D eigenvalue weighted by molar-refractivity contribution is 5.95. The second kappa shape index (κ2) is 15.0. The highest BCUT2D eigenvalue weighted by atomic mass is 16.6. The molecule has 1 amide bonds. The Hall–Kier alpha value is -5.17. The monoisotopic (exact) mass is 779 g/mol. The minimum Gasteiger partial charge on any atom is -0.456 e. The van der Waals surface area contributed by atoms with E-state index in [1.165, 1.54) is 6.92 Å². The van der Waals surface area contributed by atoms with Crippen LogP contribution in [0.4, 0.5) is 0 Å². The van der Waals surface area contributed by atoms with Crippen molar-refractivity contribution in [1.82, 2.24) is 5.32 Å². The van der Waals surface area contributed by atoms with Crippen molar-refractivity contribution in [3.63, 3.8) is 0 Å². The van der Waals surface area contributed by atoms with Crippen LogP contribution in [0.2, 0.25) is 0 Å². The first-order chi connectivity index (χ1) is 27.0. The number of rotatable bonds is 9. The van der Waals surface area contributed by atoms with Gasteiger partial charge >= 0.3 is 17.9 Å². The normalized spacial score (nSPS) is 31.1. The summed E-state index contributed by atoms with van der Waals surface area (Å²) in [5, 5.41) is 27.9. The maximum atomic E-state index is 14.8. The molecule has 12 heteroatoms. The van der Waals surface area contributed by atoms with Gasteiger partial charge in [0, 0.05) is 36.2 Å². The van der Waals surface area contributed by atoms with Crippen molar-refractivity contribution in [3.8, 4) is 0 Å². The summed E-state index contributed by atoms with van der Waals surface area (Å²) in [6, 6.07) is 23.9. The summed E-state index contributed by atoms with van der Waals surface area (Å²) >= 11 is 0. The molecule has 1 saturated heterocycles. The molecule has 0 spiro atoms. The van der Waals surface area contributed by atoms with E-state index < -0.39 is 82.2 Å². The predicted octanol–water partition coefficient (Wildman–Crippen LogP) is 5.22. The number of nitrogens with one attached hydrogen (secondary N) is 1. The lowest BCUT2D eigenvalue weighted by molar-refractivity contribution is -0.331. The molecule has 300 valence electrons. The second-order valence-corrected chi connectivity index (χ2v) is 16.6. The fraction of sp³-hybridized carbons (Fsp3) is 0.444. The van der Waals surface area contributed by atoms with Gasteiger partial charge in [-0.1, -0.05) is 93.1 Å². The molecule has 3 N–H and O–H groups in total. The molecule has 0 radical (unpaired) electrons. The lowest BCUT2D eigenvalue weighted by Crippen LogP contribution is -2.78. The third-order valence-corrected chi connectivity index (χ3v) is 13.1. The van der Waals surface area contributed by atoms with Crippen LogP contribution in [0.1, 0.15) is 92.6 Å². The third kappa shape index (κ3) is 6.77. The summed E-state index contributed by atoms with van der Waals surface area (Å²) in [6.07, 6.45) is -4.96. The Morgan fingerprint density at radius 1 is 0.877 bits per heavy atom. The van der Waals surface area contributed by atoms with Crippen LogP contribution in [0.5, 0.6) is 0 Å². The summed E-state index contributed by atoms with van der Waals surface area (Å²) in [4.78, 5) is 69.2. The van der Waals surface area contributed by atoms with Crippen LogP contribution in [0.25, 0.3) is 0 Å². The number of carbonyl (C=O) groups is 5. The number of ketones is 1. The van der Waals surface area contributed by atoms with E-state index in [0.717, 1.165) is 0 Å². The van der Waals surface area contributed by atoms with E-state index in [-0.39, 0.29) is 30.8 Å². The van der Waals surface area contributed by atoms with Crippen LogP contribution in [0, 0.1) is 16.7 Å². The van der Waals surface area contributed by atoms with Gasteiger partial charge in [-0.2, -0.15) is 0 Å². The van der Waals surface area contributed by atoms with Gasteiger partial charge < -0.3 is 34.5 Å². The number of aliphatic hydroxyl groups is 2. The van der Waals surface area contributed by atoms with Gasteiger partial charge in [0.05, 0.1) is 24.1 Å². The highest BCUT2D eigenvalue weighted by Crippen LogP contribution is 2.64. The van der Waals surface area contributed by atoms with Crippen molar-refractivity contribution >= 4 is 29.6 Å². The molecule has 2 saturated carbocycles. The SMILES string of the molecule is CC(=O)O[C@@]12CO[C@@H]1CC[C@@]1(C)C(=O)CC3=C(C)[C@@H](OC(=O)[C@H](O)[C@@H](NC(=O)c4ccccc4)c4ccccc4)C[C@@](O)([C@@H](OC(=O)c4ccccc4)C12)C3(C)C. The van der Waals surface area contributed by atoms with Gasteiger partial charge in [0.25, 0.3) is 5.91 Å². The molecule has 3 aromatic carbocycles. The molecular formula is C45H49NO11. The molecule has 3 fully saturated rings. The molecule has 3 aliphatic carbocycles. The summed E-state index contributed by atoms with van der Waals surface area (Å²) in [7, 11) is 0. The Bertz CT molecular complexity index is 2090. The van der Waals surface area contributed by atoms with E-state index in [1.54, 1.807) is 119 Å². The molecule has 2 bridgehead atoms. The minimum absolute atomic E-state index is 0.0808. The number of hydrogen-bond acceptors (Lipinski definition) is 11. The number of Topliss-reactive ketones (excluding diaryl/α,β-unsaturated/α-hetero) is 1. The zero-order chi connectivity index (χ0) is 40.9. The number of fused-ring (bicyclic) bond motifs is 5. The van der Waals surface area contributed by atoms with E-state index in [4.69, 9.17) is 18.9 Å². The summed E-state index contributed by atoms with van der Waals surface area (Å²) < 4.78 is 24.6. The fourth-order valence-corrected chi connectivity index (χ4v) is 9.77. The Morgan fingerprint density at radius 3 is 2.05 bits per heavy atom. The zero-order valence-corrected chi connectivity index (χ0v) is 32.7. The summed E-state index contributed by atoms with van der Waals surface area (Å²) in [5.41, 5.74) is -4.00. The van der Waals surface area contributed by atoms with Gasteiger partial charge in [-0.3, -0.25) is 14.4 Å². The summed E-state index contributed by atoms with van der Waals surface area (Å²) in [5.74, 6) is -4.28. The lowest BCUT2D eigenvalue weighted by Gasteiger charge is -2.66. The number of amides is 1. The minimum atomic E-state index is -2.04. The van der Waals surface area contributed by atoms with Crippen LogP contribution in [0.3, 0.4) is 0 Å². The van der Waals surface area contributed by atoms with Crippen molar-refractivity contribution in [1.29, 1.82) is 0 Å². The molecule has 7 rings (SSSR count). The molecule has 57 heavy (non-hydrogen) atoms. The molecule has 12 nitrogen and oxygen atoms in total. The smallest absolute Gasteiger partial charge is 0.338 e. The topological polar surface area (TPSA) is 175 Å². The molecule has 1 aliphatic heterocycles. The third-order valence-electron chi connectivity index (χ3n) is 13.1. The lowest BCUT2D eigenvalue weighted by atomic mass is 9.46. The molecule has 9 atom stereocenters. The van der Waals surface area contributed by atoms with Gasteiger partial charge in [-0.25, -0.2) is 9.59 Å². The molecule has 1 heterocycles. The Kier molecular flexibility index (Phi) is 10.5. The van der Waals surface area contributed by atoms with E-state index in [1.807, 2.05) is 0 Å². The van der Waals surface area contributed by atoms with Crippen LogP contribution in [0.15, 0.2) is 102 Å². The van der Waals surface area contributed by atoms with Gasteiger partial charge in [-0.05, 0) is 55.2 Å². The average molecular weight is 780 g/mol. The molecule has 1 unspecified atom stereocenters. The first kappa shape index (κ1) is 40.0. The van der Waals surface area contributed by atoms with E-state index in [9.17, 15) is 34.2 Å². The number of carbonyl (C=O) groups excluding carboxylic acids is 5. The van der Waals surface area contributed by atoms with Crippen molar-refractivity contribution in [2.24, 2.45) is 16.7 Å². The van der Waals surface area contributed by atoms with Gasteiger partial charge in [0.2, 0.25) is 0 Å². The van der Waals surface area contributed by atoms with Crippen molar-refractivity contribution in [2.45, 2.75) is 102 Å². The van der Waals surface area contributed by atoms with E-state index in [2.05, 4.69) is 5.32 Å². The van der Waals surface area contributed by atoms with Gasteiger partial charge in [0.15, 0.2) is 11.7 Å². The van der Waals surface area contributed by atoms with Crippen molar-refractivity contribution in [2.75, 3.05) is 6.61 Å².